The number of amides is 1. The van der Waals surface area contributed by atoms with Crippen LogP contribution in [0.15, 0.2) is 30.6 Å². The Morgan fingerprint density at radius 3 is 2.86 bits per heavy atom. The van der Waals surface area contributed by atoms with Crippen molar-refractivity contribution in [3.05, 3.63) is 46.7 Å². The summed E-state index contributed by atoms with van der Waals surface area (Å²) in [7, 11) is 1.74. The normalized spacial score (nSPS) is 13.7. The van der Waals surface area contributed by atoms with E-state index in [0.29, 0.717) is 10.6 Å². The third kappa shape index (κ3) is 3.53. The molecule has 1 aromatic carbocycles. The number of halogens is 1. The predicted molar refractivity (Wildman–Crippen MR) is 78.2 cm³/mol. The quantitative estimate of drug-likeness (QED) is 0.797. The number of phenolic OH excluding ortho intramolecular Hbond substituents is 1. The minimum Gasteiger partial charge on any atom is -0.507 e. The molecule has 3 N–H and O–H groups in total. The van der Waals surface area contributed by atoms with Crippen LogP contribution in [0.2, 0.25) is 5.02 Å². The SMILES string of the molecule is Cn1cc(C(C)(O)CNC(=O)c2cc(Cl)ccc2O)cn1. The standard InChI is InChI=1S/C14H16ClN3O3/c1-14(21,9-6-17-18(2)7-9)8-16-13(20)11-5-10(15)3-4-12(11)19/h3-7,19,21H,8H2,1-2H3,(H,16,20). The van der Waals surface area contributed by atoms with E-state index in [2.05, 4.69) is 10.4 Å². The molecular formula is C14H16ClN3O3. The lowest BCUT2D eigenvalue weighted by Crippen LogP contribution is -2.38. The zero-order valence-electron chi connectivity index (χ0n) is 11.7. The molecule has 1 aromatic heterocycles. The van der Waals surface area contributed by atoms with E-state index in [1.165, 1.54) is 24.4 Å². The number of rotatable bonds is 4. The molecule has 0 aliphatic carbocycles. The zero-order chi connectivity index (χ0) is 15.6. The van der Waals surface area contributed by atoms with E-state index in [-0.39, 0.29) is 17.9 Å². The number of nitrogens with one attached hydrogen (secondary N) is 1. The Morgan fingerprint density at radius 2 is 2.24 bits per heavy atom. The molecule has 6 nitrogen and oxygen atoms in total. The van der Waals surface area contributed by atoms with Gasteiger partial charge in [-0.3, -0.25) is 9.48 Å². The van der Waals surface area contributed by atoms with E-state index in [1.54, 1.807) is 24.9 Å². The summed E-state index contributed by atoms with van der Waals surface area (Å²) in [6, 6.07) is 4.20. The number of phenols is 1. The fourth-order valence-electron chi connectivity index (χ4n) is 1.84. The summed E-state index contributed by atoms with van der Waals surface area (Å²) in [4.78, 5) is 12.0. The molecule has 0 aliphatic heterocycles. The molecule has 21 heavy (non-hydrogen) atoms. The molecule has 2 aromatic rings. The molecule has 1 atom stereocenters. The third-order valence-electron chi connectivity index (χ3n) is 3.12. The highest BCUT2D eigenvalue weighted by Crippen LogP contribution is 2.22. The Morgan fingerprint density at radius 1 is 1.52 bits per heavy atom. The van der Waals surface area contributed by atoms with Crippen LogP contribution in [-0.2, 0) is 12.6 Å². The maximum Gasteiger partial charge on any atom is 0.255 e. The first-order valence-corrected chi connectivity index (χ1v) is 6.65. The Hall–Kier alpha value is -2.05. The molecule has 0 aliphatic rings. The predicted octanol–water partition coefficient (Wildman–Crippen LogP) is 1.42. The van der Waals surface area contributed by atoms with Gasteiger partial charge >= 0.3 is 0 Å². The lowest BCUT2D eigenvalue weighted by atomic mass is 9.99. The van der Waals surface area contributed by atoms with Gasteiger partial charge in [0.25, 0.3) is 5.91 Å². The summed E-state index contributed by atoms with van der Waals surface area (Å²) in [6.07, 6.45) is 3.20. The van der Waals surface area contributed by atoms with E-state index >= 15 is 0 Å². The summed E-state index contributed by atoms with van der Waals surface area (Å²) in [6.45, 7) is 1.55. The number of hydrogen-bond acceptors (Lipinski definition) is 4. The van der Waals surface area contributed by atoms with Crippen molar-refractivity contribution in [2.45, 2.75) is 12.5 Å². The summed E-state index contributed by atoms with van der Waals surface area (Å²) in [5, 5.41) is 26.9. The highest BCUT2D eigenvalue weighted by molar-refractivity contribution is 6.31. The zero-order valence-corrected chi connectivity index (χ0v) is 12.4. The van der Waals surface area contributed by atoms with E-state index in [4.69, 9.17) is 11.6 Å². The summed E-state index contributed by atoms with van der Waals surface area (Å²) in [5.41, 5.74) is -0.622. The van der Waals surface area contributed by atoms with Crippen LogP contribution in [0.5, 0.6) is 5.75 Å². The minimum atomic E-state index is -1.27. The van der Waals surface area contributed by atoms with Crippen LogP contribution in [-0.4, -0.2) is 32.4 Å². The summed E-state index contributed by atoms with van der Waals surface area (Å²) in [5.74, 6) is -0.683. The van der Waals surface area contributed by atoms with E-state index in [9.17, 15) is 15.0 Å². The Balaban J connectivity index is 2.08. The second kappa shape index (κ2) is 5.75. The van der Waals surface area contributed by atoms with Crippen LogP contribution >= 0.6 is 11.6 Å². The molecule has 1 heterocycles. The van der Waals surface area contributed by atoms with E-state index in [1.807, 2.05) is 0 Å². The van der Waals surface area contributed by atoms with Crippen molar-refractivity contribution < 1.29 is 15.0 Å². The van der Waals surface area contributed by atoms with Crippen LogP contribution in [0.3, 0.4) is 0 Å². The molecule has 0 fully saturated rings. The van der Waals surface area contributed by atoms with Crippen LogP contribution in [0.1, 0.15) is 22.8 Å². The van der Waals surface area contributed by atoms with Gasteiger partial charge in [0, 0.05) is 23.8 Å². The minimum absolute atomic E-state index is 0.0243. The van der Waals surface area contributed by atoms with Crippen LogP contribution < -0.4 is 5.32 Å². The van der Waals surface area contributed by atoms with Crippen molar-refractivity contribution in [3.8, 4) is 5.75 Å². The molecule has 0 spiro atoms. The molecule has 0 radical (unpaired) electrons. The van der Waals surface area contributed by atoms with Gasteiger partial charge in [0.15, 0.2) is 0 Å². The lowest BCUT2D eigenvalue weighted by Gasteiger charge is -2.22. The average molecular weight is 310 g/mol. The largest absolute Gasteiger partial charge is 0.507 e. The van der Waals surface area contributed by atoms with Gasteiger partial charge < -0.3 is 15.5 Å². The number of carbonyl (C=O) groups is 1. The maximum absolute atomic E-state index is 12.0. The van der Waals surface area contributed by atoms with Gasteiger partial charge in [-0.15, -0.1) is 0 Å². The van der Waals surface area contributed by atoms with Crippen molar-refractivity contribution in [1.29, 1.82) is 0 Å². The van der Waals surface area contributed by atoms with Crippen molar-refractivity contribution >= 4 is 17.5 Å². The Kier molecular flexibility index (Phi) is 4.20. The highest BCUT2D eigenvalue weighted by Gasteiger charge is 2.26. The number of carbonyl (C=O) groups excluding carboxylic acids is 1. The molecule has 112 valence electrons. The van der Waals surface area contributed by atoms with Crippen molar-refractivity contribution in [2.75, 3.05) is 6.54 Å². The molecule has 0 saturated carbocycles. The number of aliphatic hydroxyl groups is 1. The van der Waals surface area contributed by atoms with Gasteiger partial charge in [-0.25, -0.2) is 0 Å². The van der Waals surface area contributed by atoms with Crippen LogP contribution in [0, 0.1) is 0 Å². The van der Waals surface area contributed by atoms with Gasteiger partial charge in [0.05, 0.1) is 18.3 Å². The fourth-order valence-corrected chi connectivity index (χ4v) is 2.01. The molecule has 2 rings (SSSR count). The number of aromatic hydroxyl groups is 1. The second-order valence-corrected chi connectivity index (χ2v) is 5.46. The Labute approximate surface area is 127 Å². The number of aromatic nitrogens is 2. The first-order valence-electron chi connectivity index (χ1n) is 6.28. The van der Waals surface area contributed by atoms with Gasteiger partial charge in [-0.1, -0.05) is 11.6 Å². The molecule has 1 unspecified atom stereocenters. The van der Waals surface area contributed by atoms with Gasteiger partial charge in [0.1, 0.15) is 11.4 Å². The van der Waals surface area contributed by atoms with Gasteiger partial charge in [0.2, 0.25) is 0 Å². The van der Waals surface area contributed by atoms with E-state index < -0.39 is 11.5 Å². The van der Waals surface area contributed by atoms with Crippen LogP contribution in [0.25, 0.3) is 0 Å². The first-order chi connectivity index (χ1) is 9.79. The third-order valence-corrected chi connectivity index (χ3v) is 3.36. The summed E-state index contributed by atoms with van der Waals surface area (Å²) < 4.78 is 1.56. The lowest BCUT2D eigenvalue weighted by molar-refractivity contribution is 0.0525. The molecule has 0 saturated heterocycles. The number of hydrogen-bond donors (Lipinski definition) is 3. The van der Waals surface area contributed by atoms with Crippen molar-refractivity contribution in [3.63, 3.8) is 0 Å². The molecule has 7 heteroatoms. The maximum atomic E-state index is 12.0. The number of benzene rings is 1. The van der Waals surface area contributed by atoms with Gasteiger partial charge in [-0.05, 0) is 25.1 Å². The molecule has 0 bridgehead atoms. The van der Waals surface area contributed by atoms with Crippen LogP contribution in [0.4, 0.5) is 0 Å². The summed E-state index contributed by atoms with van der Waals surface area (Å²) >= 11 is 5.80. The fraction of sp³-hybridized carbons (Fsp3) is 0.286. The second-order valence-electron chi connectivity index (χ2n) is 5.02. The van der Waals surface area contributed by atoms with Gasteiger partial charge in [-0.2, -0.15) is 5.10 Å². The topological polar surface area (TPSA) is 87.4 Å². The number of aryl methyl sites for hydroxylation is 1. The molecule has 1 amide bonds. The smallest absolute Gasteiger partial charge is 0.255 e. The van der Waals surface area contributed by atoms with Crippen molar-refractivity contribution in [2.24, 2.45) is 7.05 Å². The van der Waals surface area contributed by atoms with Crippen molar-refractivity contribution in [1.82, 2.24) is 15.1 Å². The highest BCUT2D eigenvalue weighted by atomic mass is 35.5. The van der Waals surface area contributed by atoms with E-state index in [0.717, 1.165) is 0 Å². The monoisotopic (exact) mass is 309 g/mol. The Bertz CT molecular complexity index is 667. The number of nitrogens with zero attached hydrogens (tertiary/aromatic N) is 2. The first kappa shape index (κ1) is 15.3. The molecular weight excluding hydrogens is 294 g/mol. The average Bonchev–Trinajstić information content (AvgIpc) is 2.86.